The van der Waals surface area contributed by atoms with Crippen molar-refractivity contribution in [1.29, 1.82) is 0 Å². The molecule has 0 spiro atoms. The van der Waals surface area contributed by atoms with Gasteiger partial charge in [0.15, 0.2) is 0 Å². The van der Waals surface area contributed by atoms with Gasteiger partial charge < -0.3 is 10.5 Å². The zero-order valence-electron chi connectivity index (χ0n) is 16.0. The van der Waals surface area contributed by atoms with E-state index in [0.717, 1.165) is 22.9 Å². The summed E-state index contributed by atoms with van der Waals surface area (Å²) in [6, 6.07) is 13.4. The smallest absolute Gasteiger partial charge is 0.410 e. The molecular formula is C21H17ClF3N3O2. The number of alkyl halides is 3. The maximum Gasteiger partial charge on any atom is 0.419 e. The lowest BCUT2D eigenvalue weighted by Crippen LogP contribution is -2.29. The van der Waals surface area contributed by atoms with Crippen LogP contribution in [0.1, 0.15) is 11.3 Å². The van der Waals surface area contributed by atoms with E-state index in [1.165, 1.54) is 18.0 Å². The monoisotopic (exact) mass is 435 g/mol. The number of nitrogens with zero attached hydrogens (tertiary/aromatic N) is 2. The number of halogens is 4. The summed E-state index contributed by atoms with van der Waals surface area (Å²) in [5.41, 5.74) is 7.44. The Morgan fingerprint density at radius 2 is 1.87 bits per heavy atom. The molecule has 0 saturated carbocycles. The number of rotatable bonds is 3. The summed E-state index contributed by atoms with van der Waals surface area (Å²) in [6.45, 7) is 1.81. The summed E-state index contributed by atoms with van der Waals surface area (Å²) < 4.78 is 44.1. The second-order valence-electron chi connectivity index (χ2n) is 6.49. The van der Waals surface area contributed by atoms with E-state index in [-0.39, 0.29) is 5.75 Å². The van der Waals surface area contributed by atoms with Gasteiger partial charge in [0.1, 0.15) is 11.6 Å². The van der Waals surface area contributed by atoms with Gasteiger partial charge >= 0.3 is 12.3 Å². The zero-order valence-corrected chi connectivity index (χ0v) is 16.8. The highest BCUT2D eigenvalue weighted by Crippen LogP contribution is 2.37. The third-order valence-electron chi connectivity index (χ3n) is 4.37. The van der Waals surface area contributed by atoms with Crippen LogP contribution in [0, 0.1) is 6.92 Å². The number of amides is 1. The van der Waals surface area contributed by atoms with Crippen molar-refractivity contribution in [2.45, 2.75) is 13.1 Å². The molecule has 0 saturated heterocycles. The maximum atomic E-state index is 13.0. The summed E-state index contributed by atoms with van der Waals surface area (Å²) in [6.07, 6.45) is -5.51. The van der Waals surface area contributed by atoms with Crippen LogP contribution in [0.2, 0.25) is 5.02 Å². The summed E-state index contributed by atoms with van der Waals surface area (Å²) >= 11 is 5.59. The quantitative estimate of drug-likeness (QED) is 0.552. The Labute approximate surface area is 175 Å². The van der Waals surface area contributed by atoms with Gasteiger partial charge in [-0.3, -0.25) is 4.90 Å². The highest BCUT2D eigenvalue weighted by molar-refractivity contribution is 6.31. The predicted octanol–water partition coefficient (Wildman–Crippen LogP) is 5.95. The summed E-state index contributed by atoms with van der Waals surface area (Å²) in [7, 11) is 1.45. The van der Waals surface area contributed by atoms with Gasteiger partial charge in [0.05, 0.1) is 10.6 Å². The first-order valence-electron chi connectivity index (χ1n) is 8.72. The normalized spacial score (nSPS) is 11.3. The molecule has 0 bridgehead atoms. The first-order chi connectivity index (χ1) is 14.1. The summed E-state index contributed by atoms with van der Waals surface area (Å²) in [4.78, 5) is 17.9. The number of anilines is 2. The Bertz CT molecular complexity index is 1100. The van der Waals surface area contributed by atoms with Crippen molar-refractivity contribution in [1.82, 2.24) is 4.98 Å². The van der Waals surface area contributed by atoms with Crippen molar-refractivity contribution >= 4 is 29.2 Å². The lowest BCUT2D eigenvalue weighted by Gasteiger charge is -2.19. The number of nitrogen functional groups attached to an aromatic ring is 1. The number of carbonyl (C=O) groups excluding carboxylic acids is 1. The van der Waals surface area contributed by atoms with Gasteiger partial charge in [0.2, 0.25) is 0 Å². The van der Waals surface area contributed by atoms with Crippen molar-refractivity contribution in [3.05, 3.63) is 70.9 Å². The lowest BCUT2D eigenvalue weighted by atomic mass is 10.0. The number of aromatic nitrogens is 1. The highest BCUT2D eigenvalue weighted by Gasteiger charge is 2.33. The molecule has 30 heavy (non-hydrogen) atoms. The first kappa shape index (κ1) is 21.4. The van der Waals surface area contributed by atoms with E-state index in [2.05, 4.69) is 4.98 Å². The molecule has 0 aliphatic rings. The van der Waals surface area contributed by atoms with Gasteiger partial charge in [-0.05, 0) is 55.0 Å². The zero-order chi connectivity index (χ0) is 22.1. The van der Waals surface area contributed by atoms with Crippen molar-refractivity contribution in [3.8, 4) is 16.9 Å². The molecule has 0 fully saturated rings. The molecule has 3 rings (SSSR count). The van der Waals surface area contributed by atoms with Crippen LogP contribution in [0.3, 0.4) is 0 Å². The van der Waals surface area contributed by atoms with Crippen LogP contribution in [0.25, 0.3) is 11.1 Å². The van der Waals surface area contributed by atoms with Crippen molar-refractivity contribution < 1.29 is 22.7 Å². The largest absolute Gasteiger partial charge is 0.419 e. The molecule has 0 aliphatic heterocycles. The van der Waals surface area contributed by atoms with Crippen molar-refractivity contribution in [2.24, 2.45) is 0 Å². The number of ether oxygens (including phenoxy) is 1. The van der Waals surface area contributed by atoms with Crippen LogP contribution in [0.4, 0.5) is 29.5 Å². The molecule has 0 radical (unpaired) electrons. The standard InChI is InChI=1S/C21H17ClF3N3O2/c1-12-16(7-9-19(26)27-12)13-4-3-5-14(10-13)28(2)20(29)30-15-6-8-18(22)17(11-15)21(23,24)25/h3-11H,1-2H3,(H2,26,27). The number of nitrogens with two attached hydrogens (primary N) is 1. The number of carbonyl (C=O) groups is 1. The minimum Gasteiger partial charge on any atom is -0.410 e. The van der Waals surface area contributed by atoms with Crippen LogP contribution in [-0.2, 0) is 6.18 Å². The number of pyridine rings is 1. The van der Waals surface area contributed by atoms with Gasteiger partial charge in [0, 0.05) is 24.0 Å². The average molecular weight is 436 g/mol. The number of hydrogen-bond acceptors (Lipinski definition) is 4. The van der Waals surface area contributed by atoms with Crippen LogP contribution >= 0.6 is 11.6 Å². The first-order valence-corrected chi connectivity index (χ1v) is 9.10. The molecule has 1 amide bonds. The molecule has 9 heteroatoms. The fourth-order valence-electron chi connectivity index (χ4n) is 2.83. The van der Waals surface area contributed by atoms with Crippen molar-refractivity contribution in [2.75, 3.05) is 17.7 Å². The molecule has 3 aromatic rings. The molecule has 1 heterocycles. The van der Waals surface area contributed by atoms with E-state index in [9.17, 15) is 18.0 Å². The molecule has 2 aromatic carbocycles. The van der Waals surface area contributed by atoms with E-state index in [4.69, 9.17) is 22.1 Å². The summed E-state index contributed by atoms with van der Waals surface area (Å²) in [5.74, 6) is 0.132. The maximum absolute atomic E-state index is 13.0. The molecule has 0 aliphatic carbocycles. The molecule has 1 aromatic heterocycles. The van der Waals surface area contributed by atoms with E-state index in [1.54, 1.807) is 24.3 Å². The van der Waals surface area contributed by atoms with Crippen LogP contribution < -0.4 is 15.4 Å². The predicted molar refractivity (Wildman–Crippen MR) is 110 cm³/mol. The van der Waals surface area contributed by atoms with Gasteiger partial charge in [-0.1, -0.05) is 23.7 Å². The van der Waals surface area contributed by atoms with Gasteiger partial charge in [-0.2, -0.15) is 13.2 Å². The molecular weight excluding hydrogens is 419 g/mol. The van der Waals surface area contributed by atoms with E-state index >= 15 is 0 Å². The van der Waals surface area contributed by atoms with Gasteiger partial charge in [-0.25, -0.2) is 9.78 Å². The summed E-state index contributed by atoms with van der Waals surface area (Å²) in [5, 5.41) is -0.476. The molecule has 0 atom stereocenters. The second-order valence-corrected chi connectivity index (χ2v) is 6.89. The molecule has 156 valence electrons. The van der Waals surface area contributed by atoms with Crippen LogP contribution in [-0.4, -0.2) is 18.1 Å². The number of benzene rings is 2. The topological polar surface area (TPSA) is 68.5 Å². The average Bonchev–Trinajstić information content (AvgIpc) is 2.68. The van der Waals surface area contributed by atoms with Gasteiger partial charge in [0.25, 0.3) is 0 Å². The lowest BCUT2D eigenvalue weighted by molar-refractivity contribution is -0.137. The minimum absolute atomic E-state index is 0.265. The van der Waals surface area contributed by atoms with Crippen LogP contribution in [0.15, 0.2) is 54.6 Å². The fraction of sp³-hybridized carbons (Fsp3) is 0.143. The molecule has 5 nitrogen and oxygen atoms in total. The Kier molecular flexibility index (Phi) is 5.89. The van der Waals surface area contributed by atoms with Crippen LogP contribution in [0.5, 0.6) is 5.75 Å². The van der Waals surface area contributed by atoms with Gasteiger partial charge in [-0.15, -0.1) is 0 Å². The minimum atomic E-state index is -4.66. The number of aryl methyl sites for hydroxylation is 1. The SMILES string of the molecule is Cc1nc(N)ccc1-c1cccc(N(C)C(=O)Oc2ccc(Cl)c(C(F)(F)F)c2)c1. The molecule has 2 N–H and O–H groups in total. The fourth-order valence-corrected chi connectivity index (χ4v) is 3.05. The molecule has 0 unspecified atom stereocenters. The third kappa shape index (κ3) is 4.65. The van der Waals surface area contributed by atoms with E-state index < -0.39 is 22.9 Å². The Morgan fingerprint density at radius 3 is 2.53 bits per heavy atom. The highest BCUT2D eigenvalue weighted by atomic mass is 35.5. The van der Waals surface area contributed by atoms with E-state index in [1.807, 2.05) is 19.1 Å². The Hall–Kier alpha value is -3.26. The Balaban J connectivity index is 1.83. The van der Waals surface area contributed by atoms with Crippen molar-refractivity contribution in [3.63, 3.8) is 0 Å². The van der Waals surface area contributed by atoms with E-state index in [0.29, 0.717) is 17.6 Å². The Morgan fingerprint density at radius 1 is 1.13 bits per heavy atom. The third-order valence-corrected chi connectivity index (χ3v) is 4.70. The number of hydrogen-bond donors (Lipinski definition) is 1. The second kappa shape index (κ2) is 8.23.